The maximum atomic E-state index is 8.57. The van der Waals surface area contributed by atoms with Crippen LogP contribution in [0.15, 0.2) is 47.6 Å². The topological polar surface area (TPSA) is 37.5 Å². The second-order valence-electron chi connectivity index (χ2n) is 4.10. The molecule has 0 aliphatic rings. The van der Waals surface area contributed by atoms with E-state index in [4.69, 9.17) is 5.21 Å². The Bertz CT molecular complexity index is 725. The summed E-state index contributed by atoms with van der Waals surface area (Å²) in [6.45, 7) is 0. The minimum absolute atomic E-state index is 0.899. The lowest BCUT2D eigenvalue weighted by Gasteiger charge is -1.97. The average molecular weight is 224 g/mol. The van der Waals surface area contributed by atoms with Gasteiger partial charge < -0.3 is 9.77 Å². The van der Waals surface area contributed by atoms with Gasteiger partial charge in [0.05, 0.1) is 6.21 Å². The van der Waals surface area contributed by atoms with E-state index < -0.39 is 0 Å². The zero-order valence-corrected chi connectivity index (χ0v) is 9.46. The first-order valence-corrected chi connectivity index (χ1v) is 5.46. The van der Waals surface area contributed by atoms with E-state index in [-0.39, 0.29) is 0 Å². The number of hydrogen-bond donors (Lipinski definition) is 1. The van der Waals surface area contributed by atoms with Gasteiger partial charge in [0.2, 0.25) is 0 Å². The minimum Gasteiger partial charge on any atom is -0.411 e. The highest BCUT2D eigenvalue weighted by molar-refractivity contribution is 6.09. The van der Waals surface area contributed by atoms with Gasteiger partial charge in [-0.05, 0) is 23.8 Å². The van der Waals surface area contributed by atoms with Gasteiger partial charge in [0.25, 0.3) is 0 Å². The number of fused-ring (bicyclic) bond motifs is 3. The summed E-state index contributed by atoms with van der Waals surface area (Å²) in [6.07, 6.45) is 1.45. The Hall–Kier alpha value is -2.29. The Morgan fingerprint density at radius 1 is 1.06 bits per heavy atom. The molecule has 0 aliphatic carbocycles. The van der Waals surface area contributed by atoms with Crippen molar-refractivity contribution in [3.05, 3.63) is 48.0 Å². The van der Waals surface area contributed by atoms with Crippen LogP contribution in [0.3, 0.4) is 0 Å². The average Bonchev–Trinajstić information content (AvgIpc) is 2.65. The molecule has 0 radical (unpaired) electrons. The highest BCUT2D eigenvalue weighted by atomic mass is 16.4. The van der Waals surface area contributed by atoms with Gasteiger partial charge in [-0.1, -0.05) is 29.4 Å². The maximum absolute atomic E-state index is 8.57. The third-order valence-electron chi connectivity index (χ3n) is 3.14. The number of nitrogens with zero attached hydrogens (tertiary/aromatic N) is 2. The van der Waals surface area contributed by atoms with Crippen LogP contribution in [-0.4, -0.2) is 16.0 Å². The van der Waals surface area contributed by atoms with Crippen LogP contribution >= 0.6 is 0 Å². The molecule has 0 aliphatic heterocycles. The summed E-state index contributed by atoms with van der Waals surface area (Å²) in [6, 6.07) is 14.3. The van der Waals surface area contributed by atoms with Crippen LogP contribution in [0.2, 0.25) is 0 Å². The van der Waals surface area contributed by atoms with Crippen molar-refractivity contribution in [3.63, 3.8) is 0 Å². The summed E-state index contributed by atoms with van der Waals surface area (Å²) >= 11 is 0. The molecule has 1 heterocycles. The van der Waals surface area contributed by atoms with Gasteiger partial charge in [-0.3, -0.25) is 0 Å². The molecular weight excluding hydrogens is 212 g/mol. The minimum atomic E-state index is 0.899. The van der Waals surface area contributed by atoms with Crippen molar-refractivity contribution in [2.75, 3.05) is 0 Å². The van der Waals surface area contributed by atoms with Crippen molar-refractivity contribution in [2.45, 2.75) is 0 Å². The van der Waals surface area contributed by atoms with Crippen LogP contribution < -0.4 is 0 Å². The van der Waals surface area contributed by atoms with E-state index >= 15 is 0 Å². The van der Waals surface area contributed by atoms with Gasteiger partial charge >= 0.3 is 0 Å². The van der Waals surface area contributed by atoms with E-state index in [9.17, 15) is 0 Å². The van der Waals surface area contributed by atoms with Crippen molar-refractivity contribution in [1.29, 1.82) is 0 Å². The molecular formula is C14H12N2O. The van der Waals surface area contributed by atoms with Crippen molar-refractivity contribution in [2.24, 2.45) is 12.2 Å². The predicted molar refractivity (Wildman–Crippen MR) is 69.8 cm³/mol. The lowest BCUT2D eigenvalue weighted by Crippen LogP contribution is -1.86. The Balaban J connectivity index is 2.46. The van der Waals surface area contributed by atoms with E-state index in [0.717, 1.165) is 5.56 Å². The summed E-state index contributed by atoms with van der Waals surface area (Å²) in [7, 11) is 2.06. The number of aryl methyl sites for hydroxylation is 1. The highest BCUT2D eigenvalue weighted by Gasteiger charge is 2.07. The Labute approximate surface area is 98.6 Å². The molecule has 0 fully saturated rings. The van der Waals surface area contributed by atoms with Crippen molar-refractivity contribution in [1.82, 2.24) is 4.57 Å². The number of benzene rings is 2. The van der Waals surface area contributed by atoms with Crippen LogP contribution in [0.4, 0.5) is 0 Å². The number of rotatable bonds is 1. The first-order valence-electron chi connectivity index (χ1n) is 5.46. The molecule has 1 aromatic heterocycles. The number of hydrogen-bond acceptors (Lipinski definition) is 2. The molecule has 0 saturated heterocycles. The fourth-order valence-electron chi connectivity index (χ4n) is 2.33. The van der Waals surface area contributed by atoms with Crippen LogP contribution in [0.5, 0.6) is 0 Å². The summed E-state index contributed by atoms with van der Waals surface area (Å²) in [5.74, 6) is 0. The van der Waals surface area contributed by atoms with Crippen molar-refractivity contribution >= 4 is 28.0 Å². The normalized spacial score (nSPS) is 11.8. The van der Waals surface area contributed by atoms with Crippen LogP contribution in [0.1, 0.15) is 5.56 Å². The van der Waals surface area contributed by atoms with Gasteiger partial charge in [-0.25, -0.2) is 0 Å². The maximum Gasteiger partial charge on any atom is 0.0734 e. The second kappa shape index (κ2) is 3.63. The third-order valence-corrected chi connectivity index (χ3v) is 3.14. The molecule has 84 valence electrons. The second-order valence-corrected chi connectivity index (χ2v) is 4.10. The fraction of sp³-hybridized carbons (Fsp3) is 0.0714. The smallest absolute Gasteiger partial charge is 0.0734 e. The first kappa shape index (κ1) is 9.90. The fourth-order valence-corrected chi connectivity index (χ4v) is 2.33. The van der Waals surface area contributed by atoms with Gasteiger partial charge in [-0.2, -0.15) is 0 Å². The standard InChI is InChI=1S/C14H12N2O/c1-16-13-5-3-2-4-11(13)12-8-10(9-15-17)6-7-14(12)16/h2-9,17H,1H3/b15-9+. The zero-order chi connectivity index (χ0) is 11.8. The summed E-state index contributed by atoms with van der Waals surface area (Å²) in [5.41, 5.74) is 3.29. The molecule has 0 atom stereocenters. The SMILES string of the molecule is Cn1c2ccccc2c2cc(/C=N/O)ccc21. The Morgan fingerprint density at radius 3 is 2.65 bits per heavy atom. The van der Waals surface area contributed by atoms with Crippen LogP contribution in [-0.2, 0) is 7.05 Å². The molecule has 0 saturated carbocycles. The zero-order valence-electron chi connectivity index (χ0n) is 9.46. The molecule has 0 bridgehead atoms. The van der Waals surface area contributed by atoms with Gasteiger partial charge in [0.15, 0.2) is 0 Å². The summed E-state index contributed by atoms with van der Waals surface area (Å²) in [5, 5.41) is 14.0. The van der Waals surface area contributed by atoms with Gasteiger partial charge in [0.1, 0.15) is 0 Å². The predicted octanol–water partition coefficient (Wildman–Crippen LogP) is 3.14. The number of oxime groups is 1. The largest absolute Gasteiger partial charge is 0.411 e. The number of aromatic nitrogens is 1. The molecule has 3 nitrogen and oxygen atoms in total. The van der Waals surface area contributed by atoms with Crippen molar-refractivity contribution in [3.8, 4) is 0 Å². The first-order chi connectivity index (χ1) is 8.31. The quantitative estimate of drug-likeness (QED) is 0.385. The monoisotopic (exact) mass is 224 g/mol. The van der Waals surface area contributed by atoms with Gasteiger partial charge in [-0.15, -0.1) is 0 Å². The van der Waals surface area contributed by atoms with E-state index in [1.54, 1.807) is 0 Å². The van der Waals surface area contributed by atoms with E-state index in [1.807, 2.05) is 30.3 Å². The summed E-state index contributed by atoms with van der Waals surface area (Å²) < 4.78 is 2.17. The molecule has 1 N–H and O–H groups in total. The van der Waals surface area contributed by atoms with E-state index in [0.29, 0.717) is 0 Å². The summed E-state index contributed by atoms with van der Waals surface area (Å²) in [4.78, 5) is 0. The number of para-hydroxylation sites is 1. The van der Waals surface area contributed by atoms with E-state index in [1.165, 1.54) is 28.0 Å². The van der Waals surface area contributed by atoms with Crippen molar-refractivity contribution < 1.29 is 5.21 Å². The van der Waals surface area contributed by atoms with Crippen LogP contribution in [0.25, 0.3) is 21.8 Å². The Morgan fingerprint density at radius 2 is 1.82 bits per heavy atom. The highest BCUT2D eigenvalue weighted by Crippen LogP contribution is 2.28. The molecule has 0 unspecified atom stereocenters. The molecule has 17 heavy (non-hydrogen) atoms. The van der Waals surface area contributed by atoms with E-state index in [2.05, 4.69) is 28.9 Å². The Kier molecular flexibility index (Phi) is 2.11. The van der Waals surface area contributed by atoms with Crippen LogP contribution in [0, 0.1) is 0 Å². The molecule has 3 aromatic rings. The lowest BCUT2D eigenvalue weighted by molar-refractivity contribution is 0.322. The lowest BCUT2D eigenvalue weighted by atomic mass is 10.1. The molecule has 0 spiro atoms. The molecule has 3 heteroatoms. The molecule has 0 amide bonds. The molecule has 2 aromatic carbocycles. The molecule has 3 rings (SSSR count). The van der Waals surface area contributed by atoms with Gasteiger partial charge in [0, 0.05) is 28.9 Å². The third kappa shape index (κ3) is 1.40.